The van der Waals surface area contributed by atoms with Crippen molar-refractivity contribution in [3.8, 4) is 0 Å². The second-order valence-electron chi connectivity index (χ2n) is 3.18. The molecule has 1 N–H and O–H groups in total. The molecule has 0 heterocycles. The van der Waals surface area contributed by atoms with Gasteiger partial charge in [-0.25, -0.2) is 0 Å². The van der Waals surface area contributed by atoms with E-state index in [1.807, 2.05) is 37.3 Å². The van der Waals surface area contributed by atoms with Crippen LogP contribution in [0.5, 0.6) is 0 Å². The minimum Gasteiger partial charge on any atom is -0.161 e. The van der Waals surface area contributed by atoms with Gasteiger partial charge >= 0.3 is 8.03 Å². The van der Waals surface area contributed by atoms with Crippen LogP contribution in [0, 0.1) is 0 Å². The third kappa shape index (κ3) is 3.67. The highest BCUT2D eigenvalue weighted by Gasteiger charge is 2.22. The van der Waals surface area contributed by atoms with Gasteiger partial charge < -0.3 is 0 Å². The normalized spacial score (nSPS) is 13.8. The van der Waals surface area contributed by atoms with E-state index in [1.54, 1.807) is 0 Å². The molecule has 0 aromatic heterocycles. The zero-order chi connectivity index (χ0) is 9.68. The third-order valence-corrected chi connectivity index (χ3v) is 3.08. The molecule has 0 aliphatic heterocycles. The molecule has 0 radical (unpaired) electrons. The van der Waals surface area contributed by atoms with Crippen molar-refractivity contribution in [2.75, 3.05) is 0 Å². The lowest BCUT2D eigenvalue weighted by Gasteiger charge is -1.99. The molecule has 1 aromatic rings. The van der Waals surface area contributed by atoms with Gasteiger partial charge in [0.25, 0.3) is 0 Å². The molecule has 3 heteroatoms. The van der Waals surface area contributed by atoms with E-state index in [1.165, 1.54) is 5.56 Å². The molecule has 1 rings (SSSR count). The summed E-state index contributed by atoms with van der Waals surface area (Å²) in [6, 6.07) is 10.0. The van der Waals surface area contributed by atoms with E-state index in [0.29, 0.717) is 0 Å². The van der Waals surface area contributed by atoms with E-state index >= 15 is 0 Å². The quantitative estimate of drug-likeness (QED) is 0.753. The molecule has 1 aromatic carbocycles. The zero-order valence-electron chi connectivity index (χ0n) is 7.68. The van der Waals surface area contributed by atoms with E-state index < -0.39 is 8.03 Å². The Bertz CT molecular complexity index is 272. The van der Waals surface area contributed by atoms with Crippen molar-refractivity contribution in [1.82, 2.24) is 0 Å². The first-order chi connectivity index (χ1) is 6.20. The van der Waals surface area contributed by atoms with Crippen LogP contribution in [0.25, 0.3) is 0 Å². The summed E-state index contributed by atoms with van der Waals surface area (Å²) in [7, 11) is -2.01. The van der Waals surface area contributed by atoms with Crippen LogP contribution in [0.4, 0.5) is 0 Å². The van der Waals surface area contributed by atoms with Gasteiger partial charge in [-0.3, -0.25) is 0 Å². The fourth-order valence-electron chi connectivity index (χ4n) is 1.13. The molecular weight excluding hydrogens is 183 g/mol. The van der Waals surface area contributed by atoms with Crippen LogP contribution in [-0.4, -0.2) is 10.6 Å². The summed E-state index contributed by atoms with van der Waals surface area (Å²) in [5.74, 6) is 0. The molecule has 2 atom stereocenters. The number of rotatable bonds is 4. The zero-order valence-corrected chi connectivity index (χ0v) is 8.58. The van der Waals surface area contributed by atoms with E-state index in [-0.39, 0.29) is 5.66 Å². The highest BCUT2D eigenvalue weighted by Crippen LogP contribution is 2.25. The summed E-state index contributed by atoms with van der Waals surface area (Å²) >= 11 is 0. The summed E-state index contributed by atoms with van der Waals surface area (Å²) in [6.45, 7) is 1.81. The minimum atomic E-state index is -2.01. The summed E-state index contributed by atoms with van der Waals surface area (Å²) in [5.41, 5.74) is 1.13. The first-order valence-electron chi connectivity index (χ1n) is 4.39. The van der Waals surface area contributed by atoms with E-state index in [4.69, 9.17) is 4.89 Å². The van der Waals surface area contributed by atoms with Gasteiger partial charge in [0.05, 0.1) is 0 Å². The van der Waals surface area contributed by atoms with Crippen LogP contribution in [0.3, 0.4) is 0 Å². The lowest BCUT2D eigenvalue weighted by Crippen LogP contribution is -1.97. The molecule has 2 unspecified atom stereocenters. The summed E-state index contributed by atoms with van der Waals surface area (Å²) in [5, 5.41) is 0. The summed E-state index contributed by atoms with van der Waals surface area (Å²) in [4.78, 5) is 8.81. The largest absolute Gasteiger partial charge is 0.508 e. The average molecular weight is 197 g/mol. The fraction of sp³-hybridized carbons (Fsp3) is 0.400. The molecule has 0 saturated carbocycles. The SMILES string of the molecule is CC(CCc1ccccc1)[P+](=O)O. The van der Waals surface area contributed by atoms with Crippen LogP contribution in [0.1, 0.15) is 18.9 Å². The van der Waals surface area contributed by atoms with Crippen molar-refractivity contribution in [3.05, 3.63) is 35.9 Å². The Morgan fingerprint density at radius 2 is 2.00 bits per heavy atom. The first-order valence-corrected chi connectivity index (χ1v) is 5.67. The second kappa shape index (κ2) is 5.11. The molecule has 0 bridgehead atoms. The van der Waals surface area contributed by atoms with Gasteiger partial charge in [-0.2, -0.15) is 4.89 Å². The molecule has 70 valence electrons. The van der Waals surface area contributed by atoms with Gasteiger partial charge in [0, 0.05) is 6.42 Å². The lowest BCUT2D eigenvalue weighted by atomic mass is 10.1. The summed E-state index contributed by atoms with van der Waals surface area (Å²) < 4.78 is 10.7. The van der Waals surface area contributed by atoms with Gasteiger partial charge in [0.1, 0.15) is 0 Å². The lowest BCUT2D eigenvalue weighted by molar-refractivity contribution is 0.487. The van der Waals surface area contributed by atoms with Gasteiger partial charge in [0.2, 0.25) is 0 Å². The maximum atomic E-state index is 10.7. The maximum absolute atomic E-state index is 10.7. The Hall–Kier alpha value is -0.720. The fourth-order valence-corrected chi connectivity index (χ4v) is 1.48. The summed E-state index contributed by atoms with van der Waals surface area (Å²) in [6.07, 6.45) is 1.65. The van der Waals surface area contributed by atoms with Crippen molar-refractivity contribution in [1.29, 1.82) is 0 Å². The smallest absolute Gasteiger partial charge is 0.161 e. The Morgan fingerprint density at radius 3 is 2.54 bits per heavy atom. The van der Waals surface area contributed by atoms with Crippen molar-refractivity contribution >= 4 is 8.03 Å². The number of benzene rings is 1. The molecular formula is C10H14O2P+. The third-order valence-electron chi connectivity index (χ3n) is 2.07. The number of hydrogen-bond acceptors (Lipinski definition) is 1. The Morgan fingerprint density at radius 1 is 1.38 bits per heavy atom. The molecule has 13 heavy (non-hydrogen) atoms. The molecule has 0 spiro atoms. The Balaban J connectivity index is 2.39. The highest BCUT2D eigenvalue weighted by atomic mass is 31.1. The average Bonchev–Trinajstić information content (AvgIpc) is 2.15. The van der Waals surface area contributed by atoms with Crippen molar-refractivity contribution in [2.24, 2.45) is 0 Å². The van der Waals surface area contributed by atoms with Crippen molar-refractivity contribution < 1.29 is 9.46 Å². The van der Waals surface area contributed by atoms with Gasteiger partial charge in [0.15, 0.2) is 5.66 Å². The first kappa shape index (κ1) is 10.4. The monoisotopic (exact) mass is 197 g/mol. The molecule has 0 aliphatic carbocycles. The maximum Gasteiger partial charge on any atom is 0.508 e. The minimum absolute atomic E-state index is 0.102. The van der Waals surface area contributed by atoms with E-state index in [0.717, 1.165) is 12.8 Å². The van der Waals surface area contributed by atoms with Crippen LogP contribution in [0.15, 0.2) is 30.3 Å². The number of hydrogen-bond donors (Lipinski definition) is 1. The second-order valence-corrected chi connectivity index (χ2v) is 4.66. The Kier molecular flexibility index (Phi) is 4.07. The van der Waals surface area contributed by atoms with Crippen LogP contribution in [-0.2, 0) is 11.0 Å². The highest BCUT2D eigenvalue weighted by molar-refractivity contribution is 7.38. The standard InChI is InChI=1S/C10H13O2P/c1-9(13(11)12)7-8-10-5-3-2-4-6-10/h2-6,9H,7-8H2,1H3/p+1. The molecule has 2 nitrogen and oxygen atoms in total. The number of aryl methyl sites for hydroxylation is 1. The van der Waals surface area contributed by atoms with Gasteiger partial charge in [-0.15, -0.1) is 0 Å². The predicted molar refractivity (Wildman–Crippen MR) is 54.1 cm³/mol. The Labute approximate surface area is 79.5 Å². The topological polar surface area (TPSA) is 37.3 Å². The molecule has 0 aliphatic rings. The van der Waals surface area contributed by atoms with Crippen molar-refractivity contribution in [3.63, 3.8) is 0 Å². The van der Waals surface area contributed by atoms with Crippen molar-refractivity contribution in [2.45, 2.75) is 25.4 Å². The van der Waals surface area contributed by atoms with Crippen LogP contribution < -0.4 is 0 Å². The van der Waals surface area contributed by atoms with E-state index in [9.17, 15) is 4.57 Å². The van der Waals surface area contributed by atoms with Crippen LogP contribution >= 0.6 is 8.03 Å². The molecule has 0 saturated heterocycles. The molecule has 0 fully saturated rings. The van der Waals surface area contributed by atoms with E-state index in [2.05, 4.69) is 0 Å². The van der Waals surface area contributed by atoms with Gasteiger partial charge in [-0.1, -0.05) is 30.3 Å². The predicted octanol–water partition coefficient (Wildman–Crippen LogP) is 2.74. The van der Waals surface area contributed by atoms with Gasteiger partial charge in [-0.05, 0) is 23.5 Å². The molecule has 0 amide bonds. The van der Waals surface area contributed by atoms with Crippen LogP contribution in [0.2, 0.25) is 0 Å².